The Balaban J connectivity index is 0.000000260. The smallest absolute Gasteiger partial charge is 0.407 e. The van der Waals surface area contributed by atoms with Crippen molar-refractivity contribution in [3.05, 3.63) is 35.9 Å². The van der Waals surface area contributed by atoms with Gasteiger partial charge in [0.05, 0.1) is 6.42 Å². The van der Waals surface area contributed by atoms with Crippen molar-refractivity contribution in [2.45, 2.75) is 64.5 Å². The van der Waals surface area contributed by atoms with Gasteiger partial charge >= 0.3 is 6.09 Å². The van der Waals surface area contributed by atoms with Crippen LogP contribution in [0.4, 0.5) is 4.79 Å². The second-order valence-electron chi connectivity index (χ2n) is 7.10. The average molecular weight is 363 g/mol. The fraction of sp³-hybridized carbons (Fsp3) is 0.526. The molecule has 0 radical (unpaired) electrons. The molecule has 7 heteroatoms. The molecule has 1 aromatic rings. The first-order valence-corrected chi connectivity index (χ1v) is 8.81. The van der Waals surface area contributed by atoms with E-state index < -0.39 is 0 Å². The van der Waals surface area contributed by atoms with Crippen LogP contribution in [0.5, 0.6) is 0 Å². The van der Waals surface area contributed by atoms with Crippen molar-refractivity contribution in [3.63, 3.8) is 0 Å². The minimum absolute atomic E-state index is 0.238. The molecule has 0 unspecified atom stereocenters. The summed E-state index contributed by atoms with van der Waals surface area (Å²) in [6.45, 7) is 5.63. The van der Waals surface area contributed by atoms with Gasteiger partial charge in [-0.15, -0.1) is 0 Å². The van der Waals surface area contributed by atoms with Gasteiger partial charge in [0.2, 0.25) is 12.3 Å². The second-order valence-corrected chi connectivity index (χ2v) is 7.10. The summed E-state index contributed by atoms with van der Waals surface area (Å²) in [6.07, 6.45) is 5.05. The molecular weight excluding hydrogens is 334 g/mol. The van der Waals surface area contributed by atoms with Gasteiger partial charge in [0.1, 0.15) is 5.60 Å². The Labute approximate surface area is 154 Å². The quantitative estimate of drug-likeness (QED) is 0.553. The van der Waals surface area contributed by atoms with Crippen molar-refractivity contribution in [2.75, 3.05) is 0 Å². The van der Waals surface area contributed by atoms with Crippen molar-refractivity contribution in [2.24, 2.45) is 0 Å². The molecule has 7 nitrogen and oxygen atoms in total. The molecule has 3 N–H and O–H groups in total. The zero-order chi connectivity index (χ0) is 19.4. The van der Waals surface area contributed by atoms with E-state index in [4.69, 9.17) is 4.74 Å². The highest BCUT2D eigenvalue weighted by Gasteiger charge is 2.21. The zero-order valence-electron chi connectivity index (χ0n) is 15.7. The normalized spacial score (nSPS) is 13.8. The van der Waals surface area contributed by atoms with Gasteiger partial charge in [-0.25, -0.2) is 4.79 Å². The van der Waals surface area contributed by atoms with E-state index >= 15 is 0 Å². The number of hydrogen-bond donors (Lipinski definition) is 3. The van der Waals surface area contributed by atoms with Crippen molar-refractivity contribution in [1.29, 1.82) is 0 Å². The lowest BCUT2D eigenvalue weighted by Gasteiger charge is -2.21. The Bertz CT molecular complexity index is 564. The van der Waals surface area contributed by atoms with Crippen LogP contribution in [0.15, 0.2) is 30.3 Å². The largest absolute Gasteiger partial charge is 0.444 e. The van der Waals surface area contributed by atoms with E-state index in [0.717, 1.165) is 18.4 Å². The molecule has 0 heterocycles. The van der Waals surface area contributed by atoms with Crippen molar-refractivity contribution >= 4 is 18.4 Å². The molecule has 0 atom stereocenters. The monoisotopic (exact) mass is 363 g/mol. The fourth-order valence-electron chi connectivity index (χ4n) is 2.48. The number of ether oxygens (including phenoxy) is 1. The molecule has 3 amide bonds. The van der Waals surface area contributed by atoms with Crippen LogP contribution in [0.25, 0.3) is 0 Å². The van der Waals surface area contributed by atoms with Crippen LogP contribution in [-0.2, 0) is 20.7 Å². The number of hydrazine groups is 1. The third-order valence-electron chi connectivity index (χ3n) is 3.55. The maximum absolute atomic E-state index is 11.3. The minimum atomic E-state index is -0.386. The average Bonchev–Trinajstić information content (AvgIpc) is 3.05. The Morgan fingerprint density at radius 3 is 2.31 bits per heavy atom. The summed E-state index contributed by atoms with van der Waals surface area (Å²) in [4.78, 5) is 32.2. The first kappa shape index (κ1) is 21.5. The van der Waals surface area contributed by atoms with Crippen LogP contribution >= 0.6 is 0 Å². The van der Waals surface area contributed by atoms with Crippen molar-refractivity contribution in [1.82, 2.24) is 16.2 Å². The Morgan fingerprint density at radius 2 is 1.77 bits per heavy atom. The van der Waals surface area contributed by atoms with E-state index in [0.29, 0.717) is 12.5 Å². The summed E-state index contributed by atoms with van der Waals surface area (Å²) in [7, 11) is 0. The summed E-state index contributed by atoms with van der Waals surface area (Å²) in [5, 5.41) is 2.87. The Morgan fingerprint density at radius 1 is 1.15 bits per heavy atom. The van der Waals surface area contributed by atoms with Gasteiger partial charge in [0, 0.05) is 6.04 Å². The molecule has 1 aliphatic carbocycles. The number of rotatable bonds is 5. The number of carbonyl (C=O) groups is 3. The van der Waals surface area contributed by atoms with Crippen molar-refractivity contribution < 1.29 is 19.1 Å². The minimum Gasteiger partial charge on any atom is -0.444 e. The molecule has 1 aromatic carbocycles. The third-order valence-corrected chi connectivity index (χ3v) is 3.55. The molecule has 1 saturated carbocycles. The van der Waals surface area contributed by atoms with Crippen LogP contribution in [0, 0.1) is 0 Å². The van der Waals surface area contributed by atoms with Gasteiger partial charge in [-0.1, -0.05) is 43.2 Å². The summed E-state index contributed by atoms with van der Waals surface area (Å²) >= 11 is 0. The van der Waals surface area contributed by atoms with E-state index in [1.54, 1.807) is 0 Å². The zero-order valence-corrected chi connectivity index (χ0v) is 15.7. The van der Waals surface area contributed by atoms with E-state index in [-0.39, 0.29) is 24.0 Å². The van der Waals surface area contributed by atoms with Crippen LogP contribution in [0.1, 0.15) is 52.0 Å². The van der Waals surface area contributed by atoms with Gasteiger partial charge in [-0.05, 0) is 39.2 Å². The molecule has 0 aliphatic heterocycles. The van der Waals surface area contributed by atoms with Crippen LogP contribution in [0.2, 0.25) is 0 Å². The second kappa shape index (κ2) is 11.1. The highest BCUT2D eigenvalue weighted by Crippen LogP contribution is 2.18. The van der Waals surface area contributed by atoms with Crippen molar-refractivity contribution in [3.8, 4) is 0 Å². The maximum Gasteiger partial charge on any atom is 0.407 e. The molecule has 0 saturated heterocycles. The van der Waals surface area contributed by atoms with Crippen LogP contribution in [-0.4, -0.2) is 30.1 Å². The number of nitrogens with one attached hydrogen (secondary N) is 3. The lowest BCUT2D eigenvalue weighted by molar-refractivity contribution is -0.124. The third kappa shape index (κ3) is 10.3. The highest BCUT2D eigenvalue weighted by atomic mass is 16.6. The fourth-order valence-corrected chi connectivity index (χ4v) is 2.48. The summed E-state index contributed by atoms with van der Waals surface area (Å²) in [5.74, 6) is -0.238. The Hall–Kier alpha value is -2.57. The van der Waals surface area contributed by atoms with Gasteiger partial charge in [0.25, 0.3) is 0 Å². The first-order chi connectivity index (χ1) is 12.3. The predicted molar refractivity (Wildman–Crippen MR) is 99.1 cm³/mol. The SMILES string of the molecule is CC(C)(C)OC(=O)NC1CCCC1.O=CNNC(=O)Cc1ccccc1. The molecule has 0 bridgehead atoms. The summed E-state index contributed by atoms with van der Waals surface area (Å²) in [5.41, 5.74) is 4.84. The first-order valence-electron chi connectivity index (χ1n) is 8.81. The van der Waals surface area contributed by atoms with Gasteiger partial charge in [-0.2, -0.15) is 0 Å². The summed E-state index contributed by atoms with van der Waals surface area (Å²) < 4.78 is 5.15. The maximum atomic E-state index is 11.3. The van der Waals surface area contributed by atoms with E-state index in [9.17, 15) is 14.4 Å². The molecule has 26 heavy (non-hydrogen) atoms. The van der Waals surface area contributed by atoms with Gasteiger partial charge in [-0.3, -0.25) is 20.4 Å². The molecule has 0 spiro atoms. The standard InChI is InChI=1S/C10H19NO2.C9H10N2O2/c1-10(2,3)13-9(12)11-8-6-4-5-7-8;12-7-10-11-9(13)6-8-4-2-1-3-5-8/h8H,4-7H2,1-3H3,(H,11,12);1-5,7H,6H2,(H,10,12)(H,11,13). The molecular formula is C19H29N3O4. The van der Waals surface area contributed by atoms with Crippen LogP contribution < -0.4 is 16.2 Å². The number of alkyl carbamates (subject to hydrolysis) is 1. The highest BCUT2D eigenvalue weighted by molar-refractivity contribution is 5.79. The molecule has 0 aromatic heterocycles. The predicted octanol–water partition coefficient (Wildman–Crippen LogP) is 2.46. The molecule has 1 fully saturated rings. The van der Waals surface area contributed by atoms with Gasteiger partial charge in [0.15, 0.2) is 0 Å². The molecule has 144 valence electrons. The van der Waals surface area contributed by atoms with E-state index in [2.05, 4.69) is 16.2 Å². The van der Waals surface area contributed by atoms with Crippen LogP contribution in [0.3, 0.4) is 0 Å². The summed E-state index contributed by atoms with van der Waals surface area (Å²) in [6, 6.07) is 9.63. The number of amides is 3. The van der Waals surface area contributed by atoms with E-state index in [1.807, 2.05) is 51.1 Å². The number of benzene rings is 1. The number of hydrogen-bond acceptors (Lipinski definition) is 4. The molecule has 1 aliphatic rings. The van der Waals surface area contributed by atoms with E-state index in [1.165, 1.54) is 12.8 Å². The molecule has 2 rings (SSSR count). The van der Waals surface area contributed by atoms with Gasteiger partial charge < -0.3 is 10.1 Å². The lowest BCUT2D eigenvalue weighted by atomic mass is 10.1. The Kier molecular flexibility index (Phi) is 9.19. The lowest BCUT2D eigenvalue weighted by Crippen LogP contribution is -2.37. The number of carbonyl (C=O) groups excluding carboxylic acids is 3. The topological polar surface area (TPSA) is 96.5 Å².